The Hall–Kier alpha value is -5.41. The highest BCUT2D eigenvalue weighted by atomic mass is 16.4. The van der Waals surface area contributed by atoms with E-state index in [2.05, 4.69) is 15.3 Å². The molecule has 3 aromatic rings. The summed E-state index contributed by atoms with van der Waals surface area (Å²) in [6.07, 6.45) is 5.08. The van der Waals surface area contributed by atoms with E-state index in [1.807, 2.05) is 18.7 Å². The van der Waals surface area contributed by atoms with Crippen LogP contribution in [-0.2, 0) is 27.9 Å². The topological polar surface area (TPSA) is 186 Å². The molecule has 3 heterocycles. The molecule has 1 aliphatic carbocycles. The summed E-state index contributed by atoms with van der Waals surface area (Å²) >= 11 is 0. The highest BCUT2D eigenvalue weighted by Gasteiger charge is 2.57. The lowest BCUT2D eigenvalue weighted by molar-refractivity contribution is -0.138. The number of carboxylic acids is 1. The van der Waals surface area contributed by atoms with Crippen LogP contribution in [-0.4, -0.2) is 96.3 Å². The van der Waals surface area contributed by atoms with Crippen LogP contribution in [0.15, 0.2) is 35.3 Å². The van der Waals surface area contributed by atoms with Gasteiger partial charge in [0.1, 0.15) is 17.3 Å². The minimum Gasteiger partial charge on any atom is -0.492 e. The number of anilines is 4. The molecular formula is C34H45N9O7. The van der Waals surface area contributed by atoms with E-state index in [4.69, 9.17) is 0 Å². The smallest absolute Gasteiger partial charge is 0.337 e. The average molecular weight is 692 g/mol. The van der Waals surface area contributed by atoms with E-state index in [1.54, 1.807) is 38.2 Å². The first-order valence-electron chi connectivity index (χ1n) is 16.9. The zero-order valence-corrected chi connectivity index (χ0v) is 29.3. The van der Waals surface area contributed by atoms with E-state index >= 15 is 0 Å². The predicted octanol–water partition coefficient (Wildman–Crippen LogP) is 3.10. The number of aliphatic carboxylic acids is 1. The van der Waals surface area contributed by atoms with Crippen LogP contribution < -0.4 is 25.7 Å². The lowest BCUT2D eigenvalue weighted by atomic mass is 9.81. The molecule has 1 unspecified atom stereocenters. The Balaban J connectivity index is 1.43. The summed E-state index contributed by atoms with van der Waals surface area (Å²) in [6, 6.07) is 4.57. The summed E-state index contributed by atoms with van der Waals surface area (Å²) in [6.45, 7) is 8.68. The van der Waals surface area contributed by atoms with Gasteiger partial charge in [0.25, 0.3) is 5.91 Å². The van der Waals surface area contributed by atoms with Crippen molar-refractivity contribution in [3.05, 3.63) is 46.5 Å². The van der Waals surface area contributed by atoms with E-state index in [9.17, 15) is 34.2 Å². The Morgan fingerprint density at radius 3 is 2.20 bits per heavy atom. The van der Waals surface area contributed by atoms with Gasteiger partial charge in [-0.25, -0.2) is 28.8 Å². The van der Waals surface area contributed by atoms with Gasteiger partial charge in [0.15, 0.2) is 11.6 Å². The van der Waals surface area contributed by atoms with E-state index in [0.29, 0.717) is 49.7 Å². The molecule has 3 N–H and O–H groups in total. The van der Waals surface area contributed by atoms with Crippen LogP contribution in [0.1, 0.15) is 65.4 Å². The van der Waals surface area contributed by atoms with E-state index in [-0.39, 0.29) is 29.7 Å². The number of benzene rings is 1. The van der Waals surface area contributed by atoms with Crippen molar-refractivity contribution in [2.45, 2.75) is 77.8 Å². The number of rotatable bonds is 12. The number of hydrogen-bond acceptors (Lipinski definition) is 10. The first kappa shape index (κ1) is 35.9. The fourth-order valence-corrected chi connectivity index (χ4v) is 6.98. The van der Waals surface area contributed by atoms with Crippen LogP contribution in [0.4, 0.5) is 28.1 Å². The third kappa shape index (κ3) is 6.13. The Morgan fingerprint density at radius 2 is 1.64 bits per heavy atom. The highest BCUT2D eigenvalue weighted by Crippen LogP contribution is 2.43. The van der Waals surface area contributed by atoms with E-state index in [1.165, 1.54) is 30.0 Å². The molecular weight excluding hydrogens is 646 g/mol. The zero-order valence-electron chi connectivity index (χ0n) is 29.3. The van der Waals surface area contributed by atoms with Gasteiger partial charge in [0.05, 0.1) is 11.9 Å². The van der Waals surface area contributed by atoms with Gasteiger partial charge < -0.3 is 30.2 Å². The van der Waals surface area contributed by atoms with Gasteiger partial charge in [-0.1, -0.05) is 31.4 Å². The van der Waals surface area contributed by atoms with Gasteiger partial charge >= 0.3 is 17.7 Å². The number of carbonyl (C=O) groups is 4. The summed E-state index contributed by atoms with van der Waals surface area (Å²) in [5.41, 5.74) is -0.491. The summed E-state index contributed by atoms with van der Waals surface area (Å²) < 4.78 is 2.08. The molecule has 5 rings (SSSR count). The molecule has 1 atom stereocenters. The summed E-state index contributed by atoms with van der Waals surface area (Å²) in [5.74, 6) is -2.06. The summed E-state index contributed by atoms with van der Waals surface area (Å²) in [4.78, 5) is 80.2. The molecule has 0 bridgehead atoms. The molecule has 0 radical (unpaired) electrons. The minimum absolute atomic E-state index is 0.00201. The molecule has 16 heteroatoms. The fraction of sp³-hybridized carbons (Fsp3) is 0.500. The molecule has 1 spiro atoms. The molecule has 268 valence electrons. The third-order valence-corrected chi connectivity index (χ3v) is 9.86. The lowest BCUT2D eigenvalue weighted by Gasteiger charge is -2.35. The summed E-state index contributed by atoms with van der Waals surface area (Å²) in [5, 5.41) is 24.6. The molecule has 16 nitrogen and oxygen atoms in total. The number of hydrogen-bond donors (Lipinski definition) is 3. The maximum atomic E-state index is 13.7. The van der Waals surface area contributed by atoms with Crippen LogP contribution in [0.5, 0.6) is 5.88 Å². The van der Waals surface area contributed by atoms with Gasteiger partial charge in [-0.2, -0.15) is 4.98 Å². The molecule has 1 saturated carbocycles. The molecule has 2 aliphatic rings. The number of likely N-dealkylation sites (N-methyl/N-ethyl adjacent to an activating group) is 1. The fourth-order valence-electron chi connectivity index (χ4n) is 6.98. The highest BCUT2D eigenvalue weighted by molar-refractivity contribution is 6.23. The van der Waals surface area contributed by atoms with Gasteiger partial charge in [0, 0.05) is 47.1 Å². The number of urea groups is 1. The Kier molecular flexibility index (Phi) is 10.2. The first-order chi connectivity index (χ1) is 23.8. The van der Waals surface area contributed by atoms with Gasteiger partial charge in [-0.05, 0) is 51.3 Å². The number of aromatic nitrogens is 4. The number of nitrogens with zero attached hydrogens (tertiary/aromatic N) is 8. The van der Waals surface area contributed by atoms with E-state index < -0.39 is 41.1 Å². The van der Waals surface area contributed by atoms with Crippen LogP contribution in [0.25, 0.3) is 5.69 Å². The van der Waals surface area contributed by atoms with E-state index in [0.717, 1.165) is 33.3 Å². The number of imide groups is 1. The van der Waals surface area contributed by atoms with Crippen LogP contribution >= 0.6 is 0 Å². The summed E-state index contributed by atoms with van der Waals surface area (Å²) in [7, 11) is 2.96. The monoisotopic (exact) mass is 691 g/mol. The van der Waals surface area contributed by atoms with Gasteiger partial charge in [-0.3, -0.25) is 14.2 Å². The molecule has 1 saturated heterocycles. The second-order valence-corrected chi connectivity index (χ2v) is 12.6. The van der Waals surface area contributed by atoms with Crippen LogP contribution in [0.3, 0.4) is 0 Å². The number of nitrogens with one attached hydrogen (secondary N) is 1. The standard InChI is InChI=1S/C34H45N9O7/c1-7-40(8-2)31-35-20-25(41(9-3)21(4)44)26(37-31)36-24(29(46)47)19-22-13-15-23(16-14-22)42-28(45)27(38(5)32(42)49)43-30(48)34(39(6)33(43)50)17-11-10-12-18-34/h13-16,20,24,45H,7-12,17-19H2,1-6H3,(H,46,47)(H,35,36,37). The van der Waals surface area contributed by atoms with Crippen LogP contribution in [0.2, 0.25) is 0 Å². The molecule has 2 aromatic heterocycles. The number of carbonyl (C=O) groups excluding carboxylic acids is 3. The van der Waals surface area contributed by atoms with Crippen molar-refractivity contribution in [1.82, 2.24) is 24.0 Å². The lowest BCUT2D eigenvalue weighted by Crippen LogP contribution is -2.49. The van der Waals surface area contributed by atoms with Crippen molar-refractivity contribution < 1.29 is 29.4 Å². The Morgan fingerprint density at radius 1 is 1.00 bits per heavy atom. The number of amides is 4. The molecule has 2 fully saturated rings. The number of carboxylic acid groups (broad SMARTS) is 1. The molecule has 1 aliphatic heterocycles. The van der Waals surface area contributed by atoms with Gasteiger partial charge in [-0.15, -0.1) is 0 Å². The van der Waals surface area contributed by atoms with Crippen molar-refractivity contribution in [2.24, 2.45) is 7.05 Å². The first-order valence-corrected chi connectivity index (χ1v) is 16.9. The minimum atomic E-state index is -1.17. The average Bonchev–Trinajstić information content (AvgIpc) is 3.41. The number of imidazole rings is 1. The third-order valence-electron chi connectivity index (χ3n) is 9.86. The Labute approximate surface area is 289 Å². The van der Waals surface area contributed by atoms with Crippen molar-refractivity contribution in [1.29, 1.82) is 0 Å². The second-order valence-electron chi connectivity index (χ2n) is 12.6. The van der Waals surface area contributed by atoms with Crippen molar-refractivity contribution in [3.63, 3.8) is 0 Å². The number of aromatic hydroxyl groups is 1. The van der Waals surface area contributed by atoms with Crippen molar-refractivity contribution in [3.8, 4) is 11.6 Å². The van der Waals surface area contributed by atoms with Crippen LogP contribution in [0, 0.1) is 0 Å². The maximum absolute atomic E-state index is 13.7. The Bertz CT molecular complexity index is 1840. The molecule has 4 amide bonds. The molecule has 1 aromatic carbocycles. The molecule has 50 heavy (non-hydrogen) atoms. The van der Waals surface area contributed by atoms with Crippen molar-refractivity contribution in [2.75, 3.05) is 46.7 Å². The zero-order chi connectivity index (χ0) is 36.5. The second kappa shape index (κ2) is 14.2. The largest absolute Gasteiger partial charge is 0.492 e. The quantitative estimate of drug-likeness (QED) is 0.237. The maximum Gasteiger partial charge on any atom is 0.337 e. The van der Waals surface area contributed by atoms with Gasteiger partial charge in [0.2, 0.25) is 17.7 Å². The van der Waals surface area contributed by atoms with Crippen molar-refractivity contribution >= 4 is 47.1 Å². The predicted molar refractivity (Wildman–Crippen MR) is 187 cm³/mol. The normalized spacial score (nSPS) is 16.2. The SMILES string of the molecule is CCN(CC)c1ncc(N(CC)C(C)=O)c(NC(Cc2ccc(-n3c(O)c(N4C(=O)N(C)C5(CCCCC5)C4=O)n(C)c3=O)cc2)C(=O)O)n1.